The van der Waals surface area contributed by atoms with Crippen molar-refractivity contribution in [1.82, 2.24) is 5.32 Å². The molecular formula is C18H31NO2. The Morgan fingerprint density at radius 3 is 2.62 bits per heavy atom. The van der Waals surface area contributed by atoms with Gasteiger partial charge in [0, 0.05) is 24.8 Å². The van der Waals surface area contributed by atoms with E-state index in [1.54, 1.807) is 7.11 Å². The SMILES string of the molecule is CCCCCCOCc1cc(CNC(C)C)ccc1OC. The van der Waals surface area contributed by atoms with Crippen LogP contribution in [0.4, 0.5) is 0 Å². The molecule has 0 unspecified atom stereocenters. The fourth-order valence-corrected chi connectivity index (χ4v) is 2.19. The zero-order chi connectivity index (χ0) is 15.5. The van der Waals surface area contributed by atoms with Gasteiger partial charge in [-0.15, -0.1) is 0 Å². The minimum Gasteiger partial charge on any atom is -0.496 e. The molecule has 0 atom stereocenters. The summed E-state index contributed by atoms with van der Waals surface area (Å²) in [5, 5.41) is 3.44. The number of rotatable bonds is 11. The van der Waals surface area contributed by atoms with E-state index in [1.165, 1.54) is 24.8 Å². The van der Waals surface area contributed by atoms with Crippen molar-refractivity contribution in [2.24, 2.45) is 0 Å². The highest BCUT2D eigenvalue weighted by atomic mass is 16.5. The van der Waals surface area contributed by atoms with Gasteiger partial charge in [0.2, 0.25) is 0 Å². The minimum atomic E-state index is 0.491. The van der Waals surface area contributed by atoms with Gasteiger partial charge in [-0.25, -0.2) is 0 Å². The number of ether oxygens (including phenoxy) is 2. The molecule has 0 aliphatic heterocycles. The van der Waals surface area contributed by atoms with Crippen LogP contribution in [0.15, 0.2) is 18.2 Å². The van der Waals surface area contributed by atoms with Gasteiger partial charge in [0.1, 0.15) is 5.75 Å². The lowest BCUT2D eigenvalue weighted by Gasteiger charge is -2.13. The van der Waals surface area contributed by atoms with E-state index in [9.17, 15) is 0 Å². The zero-order valence-corrected chi connectivity index (χ0v) is 14.1. The highest BCUT2D eigenvalue weighted by molar-refractivity contribution is 5.36. The van der Waals surface area contributed by atoms with Gasteiger partial charge in [0.05, 0.1) is 13.7 Å². The number of benzene rings is 1. The van der Waals surface area contributed by atoms with Gasteiger partial charge < -0.3 is 14.8 Å². The predicted octanol–water partition coefficient (Wildman–Crippen LogP) is 4.29. The number of hydrogen-bond donors (Lipinski definition) is 1. The van der Waals surface area contributed by atoms with Crippen LogP contribution in [0.5, 0.6) is 5.75 Å². The summed E-state index contributed by atoms with van der Waals surface area (Å²) in [6.07, 6.45) is 4.96. The molecule has 0 saturated carbocycles. The van der Waals surface area contributed by atoms with Crippen molar-refractivity contribution in [3.63, 3.8) is 0 Å². The molecule has 120 valence electrons. The molecule has 1 N–H and O–H groups in total. The third kappa shape index (κ3) is 7.49. The molecule has 0 heterocycles. The fraction of sp³-hybridized carbons (Fsp3) is 0.667. The maximum absolute atomic E-state index is 5.79. The summed E-state index contributed by atoms with van der Waals surface area (Å²) in [5.74, 6) is 0.914. The van der Waals surface area contributed by atoms with Crippen LogP contribution >= 0.6 is 0 Å². The topological polar surface area (TPSA) is 30.5 Å². The van der Waals surface area contributed by atoms with E-state index in [0.29, 0.717) is 12.6 Å². The summed E-state index contributed by atoms with van der Waals surface area (Å²) in [6.45, 7) is 8.88. The molecule has 0 saturated heterocycles. The Hall–Kier alpha value is -1.06. The molecule has 1 rings (SSSR count). The van der Waals surface area contributed by atoms with Gasteiger partial charge in [-0.3, -0.25) is 0 Å². The van der Waals surface area contributed by atoms with Crippen LogP contribution in [-0.4, -0.2) is 19.8 Å². The van der Waals surface area contributed by atoms with E-state index in [0.717, 1.165) is 30.9 Å². The summed E-state index contributed by atoms with van der Waals surface area (Å²) >= 11 is 0. The molecule has 0 aliphatic rings. The summed E-state index contributed by atoms with van der Waals surface area (Å²) < 4.78 is 11.2. The van der Waals surface area contributed by atoms with E-state index in [1.807, 2.05) is 6.07 Å². The average Bonchev–Trinajstić information content (AvgIpc) is 2.48. The lowest BCUT2D eigenvalue weighted by atomic mass is 10.1. The van der Waals surface area contributed by atoms with Crippen molar-refractivity contribution in [3.05, 3.63) is 29.3 Å². The van der Waals surface area contributed by atoms with E-state index >= 15 is 0 Å². The number of unbranched alkanes of at least 4 members (excludes halogenated alkanes) is 3. The molecule has 0 fully saturated rings. The van der Waals surface area contributed by atoms with Crippen LogP contribution in [0.1, 0.15) is 57.6 Å². The van der Waals surface area contributed by atoms with Crippen LogP contribution in [0.2, 0.25) is 0 Å². The van der Waals surface area contributed by atoms with Crippen molar-refractivity contribution in [1.29, 1.82) is 0 Å². The monoisotopic (exact) mass is 293 g/mol. The van der Waals surface area contributed by atoms with E-state index in [4.69, 9.17) is 9.47 Å². The molecule has 0 radical (unpaired) electrons. The van der Waals surface area contributed by atoms with E-state index < -0.39 is 0 Å². The number of nitrogens with one attached hydrogen (secondary N) is 1. The lowest BCUT2D eigenvalue weighted by molar-refractivity contribution is 0.115. The molecule has 3 heteroatoms. The van der Waals surface area contributed by atoms with Gasteiger partial charge in [-0.05, 0) is 24.1 Å². The summed E-state index contributed by atoms with van der Waals surface area (Å²) in [7, 11) is 1.71. The molecule has 3 nitrogen and oxygen atoms in total. The predicted molar refractivity (Wildman–Crippen MR) is 88.8 cm³/mol. The van der Waals surface area contributed by atoms with Crippen LogP contribution < -0.4 is 10.1 Å². The molecule has 0 bridgehead atoms. The Kier molecular flexibility index (Phi) is 9.11. The highest BCUT2D eigenvalue weighted by Gasteiger charge is 2.05. The third-order valence-corrected chi connectivity index (χ3v) is 3.46. The van der Waals surface area contributed by atoms with Crippen molar-refractivity contribution in [2.45, 2.75) is 65.6 Å². The van der Waals surface area contributed by atoms with Gasteiger partial charge in [-0.2, -0.15) is 0 Å². The average molecular weight is 293 g/mol. The Labute approximate surface area is 130 Å². The summed E-state index contributed by atoms with van der Waals surface area (Å²) in [4.78, 5) is 0. The molecule has 0 aromatic heterocycles. The van der Waals surface area contributed by atoms with Gasteiger partial charge in [-0.1, -0.05) is 46.1 Å². The Morgan fingerprint density at radius 1 is 1.14 bits per heavy atom. The maximum Gasteiger partial charge on any atom is 0.124 e. The van der Waals surface area contributed by atoms with E-state index in [2.05, 4.69) is 38.2 Å². The molecular weight excluding hydrogens is 262 g/mol. The first-order chi connectivity index (χ1) is 10.2. The lowest BCUT2D eigenvalue weighted by Crippen LogP contribution is -2.21. The zero-order valence-electron chi connectivity index (χ0n) is 14.1. The summed E-state index contributed by atoms with van der Waals surface area (Å²) in [5.41, 5.74) is 2.41. The van der Waals surface area contributed by atoms with Crippen LogP contribution in [0, 0.1) is 0 Å². The van der Waals surface area contributed by atoms with Gasteiger partial charge >= 0.3 is 0 Å². The minimum absolute atomic E-state index is 0.491. The quantitative estimate of drug-likeness (QED) is 0.617. The number of hydrogen-bond acceptors (Lipinski definition) is 3. The van der Waals surface area contributed by atoms with Gasteiger partial charge in [0.25, 0.3) is 0 Å². The first-order valence-corrected chi connectivity index (χ1v) is 8.14. The van der Waals surface area contributed by atoms with Crippen molar-refractivity contribution in [3.8, 4) is 5.75 Å². The van der Waals surface area contributed by atoms with E-state index in [-0.39, 0.29) is 0 Å². The molecule has 0 spiro atoms. The maximum atomic E-state index is 5.79. The van der Waals surface area contributed by atoms with Crippen LogP contribution in [-0.2, 0) is 17.9 Å². The van der Waals surface area contributed by atoms with Crippen molar-refractivity contribution >= 4 is 0 Å². The van der Waals surface area contributed by atoms with Crippen molar-refractivity contribution in [2.75, 3.05) is 13.7 Å². The molecule has 0 aliphatic carbocycles. The molecule has 21 heavy (non-hydrogen) atoms. The normalized spacial score (nSPS) is 11.1. The second-order valence-electron chi connectivity index (χ2n) is 5.80. The smallest absolute Gasteiger partial charge is 0.124 e. The number of methoxy groups -OCH3 is 1. The molecule has 1 aromatic rings. The largest absolute Gasteiger partial charge is 0.496 e. The second kappa shape index (κ2) is 10.6. The molecule has 1 aromatic carbocycles. The van der Waals surface area contributed by atoms with Crippen LogP contribution in [0.3, 0.4) is 0 Å². The highest BCUT2D eigenvalue weighted by Crippen LogP contribution is 2.21. The fourth-order valence-electron chi connectivity index (χ4n) is 2.19. The molecule has 0 amide bonds. The summed E-state index contributed by atoms with van der Waals surface area (Å²) in [6, 6.07) is 6.82. The Balaban J connectivity index is 2.47. The van der Waals surface area contributed by atoms with Crippen molar-refractivity contribution < 1.29 is 9.47 Å². The Bertz CT molecular complexity index is 391. The standard InChI is InChI=1S/C18H31NO2/c1-5-6-7-8-11-21-14-17-12-16(13-19-15(2)3)9-10-18(17)20-4/h9-10,12,15,19H,5-8,11,13-14H2,1-4H3. The van der Waals surface area contributed by atoms with Gasteiger partial charge in [0.15, 0.2) is 0 Å². The second-order valence-corrected chi connectivity index (χ2v) is 5.80. The third-order valence-electron chi connectivity index (χ3n) is 3.46. The first kappa shape index (κ1) is 18.0. The van der Waals surface area contributed by atoms with Crippen LogP contribution in [0.25, 0.3) is 0 Å². The Morgan fingerprint density at radius 2 is 1.95 bits per heavy atom. The first-order valence-electron chi connectivity index (χ1n) is 8.14.